The molecule has 1 unspecified atom stereocenters. The van der Waals surface area contributed by atoms with Crippen LogP contribution in [0, 0.1) is 6.92 Å². The molecule has 0 radical (unpaired) electrons. The SMILES string of the molecule is CCC(Cl)c1c(C)sc2c1CCN(C(C)=O)C2. The third-order valence-electron chi connectivity index (χ3n) is 3.40. The van der Waals surface area contributed by atoms with E-state index in [0.29, 0.717) is 0 Å². The summed E-state index contributed by atoms with van der Waals surface area (Å²) < 4.78 is 0. The minimum atomic E-state index is 0.124. The number of alkyl halides is 1. The highest BCUT2D eigenvalue weighted by Crippen LogP contribution is 2.39. The Hall–Kier alpha value is -0.540. The van der Waals surface area contributed by atoms with Crippen molar-refractivity contribution in [3.63, 3.8) is 0 Å². The zero-order chi connectivity index (χ0) is 12.6. The minimum absolute atomic E-state index is 0.124. The summed E-state index contributed by atoms with van der Waals surface area (Å²) in [5, 5.41) is 0.124. The highest BCUT2D eigenvalue weighted by atomic mass is 35.5. The van der Waals surface area contributed by atoms with E-state index in [0.717, 1.165) is 25.9 Å². The Morgan fingerprint density at radius 1 is 1.59 bits per heavy atom. The molecule has 0 N–H and O–H groups in total. The number of nitrogens with zero attached hydrogens (tertiary/aromatic N) is 1. The standard InChI is InChI=1S/C13H18ClNOS/c1-4-11(14)13-8(2)17-12-7-15(9(3)16)6-5-10(12)13/h11H,4-7H2,1-3H3. The summed E-state index contributed by atoms with van der Waals surface area (Å²) in [5.41, 5.74) is 2.74. The maximum Gasteiger partial charge on any atom is 0.219 e. The fourth-order valence-corrected chi connectivity index (χ4v) is 4.11. The van der Waals surface area contributed by atoms with E-state index >= 15 is 0 Å². The van der Waals surface area contributed by atoms with Crippen LogP contribution in [0.4, 0.5) is 0 Å². The second-order valence-corrected chi connectivity index (χ2v) is 6.38. The molecule has 0 fully saturated rings. The van der Waals surface area contributed by atoms with E-state index in [9.17, 15) is 4.79 Å². The molecule has 0 spiro atoms. The first kappa shape index (κ1) is 12.9. The molecule has 0 aliphatic carbocycles. The molecule has 2 heterocycles. The molecule has 0 saturated heterocycles. The average molecular weight is 272 g/mol. The Morgan fingerprint density at radius 2 is 2.29 bits per heavy atom. The Kier molecular flexibility index (Phi) is 3.79. The number of hydrogen-bond donors (Lipinski definition) is 0. The van der Waals surface area contributed by atoms with E-state index in [2.05, 4.69) is 13.8 Å². The quantitative estimate of drug-likeness (QED) is 0.752. The van der Waals surface area contributed by atoms with E-state index < -0.39 is 0 Å². The number of hydrogen-bond acceptors (Lipinski definition) is 2. The second-order valence-electron chi connectivity index (χ2n) is 4.54. The molecular weight excluding hydrogens is 254 g/mol. The zero-order valence-electron chi connectivity index (χ0n) is 10.5. The Balaban J connectivity index is 2.33. The molecule has 1 aromatic rings. The fraction of sp³-hybridized carbons (Fsp3) is 0.615. The van der Waals surface area contributed by atoms with Gasteiger partial charge >= 0.3 is 0 Å². The van der Waals surface area contributed by atoms with Gasteiger partial charge in [0.15, 0.2) is 0 Å². The van der Waals surface area contributed by atoms with Gasteiger partial charge in [0.2, 0.25) is 5.91 Å². The van der Waals surface area contributed by atoms with Gasteiger partial charge in [-0.1, -0.05) is 6.92 Å². The zero-order valence-corrected chi connectivity index (χ0v) is 12.1. The Labute approximate surface area is 112 Å². The van der Waals surface area contributed by atoms with Gasteiger partial charge in [-0.05, 0) is 30.9 Å². The lowest BCUT2D eigenvalue weighted by atomic mass is 9.98. The van der Waals surface area contributed by atoms with Gasteiger partial charge in [-0.25, -0.2) is 0 Å². The summed E-state index contributed by atoms with van der Waals surface area (Å²) >= 11 is 8.20. The molecule has 4 heteroatoms. The van der Waals surface area contributed by atoms with Crippen LogP contribution < -0.4 is 0 Å². The number of thiophene rings is 1. The van der Waals surface area contributed by atoms with E-state index in [1.165, 1.54) is 20.9 Å². The smallest absolute Gasteiger partial charge is 0.219 e. The van der Waals surface area contributed by atoms with Crippen LogP contribution in [0.5, 0.6) is 0 Å². The van der Waals surface area contributed by atoms with Gasteiger partial charge < -0.3 is 4.90 Å². The van der Waals surface area contributed by atoms with Crippen LogP contribution >= 0.6 is 22.9 Å². The molecule has 0 aromatic carbocycles. The monoisotopic (exact) mass is 271 g/mol. The fourth-order valence-electron chi connectivity index (χ4n) is 2.45. The minimum Gasteiger partial charge on any atom is -0.337 e. The van der Waals surface area contributed by atoms with Crippen LogP contribution in [0.1, 0.15) is 46.5 Å². The van der Waals surface area contributed by atoms with Gasteiger partial charge in [-0.3, -0.25) is 4.79 Å². The second kappa shape index (κ2) is 4.99. The molecule has 1 aliphatic rings. The highest BCUT2D eigenvalue weighted by Gasteiger charge is 2.26. The van der Waals surface area contributed by atoms with Crippen LogP contribution in [0.15, 0.2) is 0 Å². The van der Waals surface area contributed by atoms with E-state index in [1.807, 2.05) is 4.90 Å². The Morgan fingerprint density at radius 3 is 2.88 bits per heavy atom. The van der Waals surface area contributed by atoms with Crippen LogP contribution in [-0.4, -0.2) is 17.4 Å². The van der Waals surface area contributed by atoms with Gasteiger partial charge in [0.1, 0.15) is 0 Å². The van der Waals surface area contributed by atoms with Crippen LogP contribution in [-0.2, 0) is 17.8 Å². The van der Waals surface area contributed by atoms with Crippen molar-refractivity contribution in [1.82, 2.24) is 4.90 Å². The first-order valence-corrected chi connectivity index (χ1v) is 7.30. The maximum absolute atomic E-state index is 11.4. The number of rotatable bonds is 2. The summed E-state index contributed by atoms with van der Waals surface area (Å²) in [6, 6.07) is 0. The van der Waals surface area contributed by atoms with Gasteiger partial charge in [-0.2, -0.15) is 0 Å². The summed E-state index contributed by atoms with van der Waals surface area (Å²) in [5.74, 6) is 0.168. The number of amides is 1. The summed E-state index contributed by atoms with van der Waals surface area (Å²) in [6.45, 7) is 7.50. The predicted octanol–water partition coefficient (Wildman–Crippen LogP) is 3.65. The molecule has 1 aromatic heterocycles. The lowest BCUT2D eigenvalue weighted by molar-refractivity contribution is -0.129. The third-order valence-corrected chi connectivity index (χ3v) is 5.08. The lowest BCUT2D eigenvalue weighted by Crippen LogP contribution is -2.33. The molecule has 0 bridgehead atoms. The van der Waals surface area contributed by atoms with Gasteiger partial charge in [0, 0.05) is 23.2 Å². The number of fused-ring (bicyclic) bond motifs is 1. The van der Waals surface area contributed by atoms with Gasteiger partial charge in [0.05, 0.1) is 11.9 Å². The molecule has 0 saturated carbocycles. The molecule has 1 atom stereocenters. The summed E-state index contributed by atoms with van der Waals surface area (Å²) in [7, 11) is 0. The summed E-state index contributed by atoms with van der Waals surface area (Å²) in [6.07, 6.45) is 1.92. The number of carbonyl (C=O) groups is 1. The Bertz CT molecular complexity index is 441. The van der Waals surface area contributed by atoms with Crippen molar-refractivity contribution in [2.24, 2.45) is 0 Å². The number of aryl methyl sites for hydroxylation is 1. The van der Waals surface area contributed by atoms with E-state index in [1.54, 1.807) is 18.3 Å². The molecule has 2 nitrogen and oxygen atoms in total. The largest absolute Gasteiger partial charge is 0.337 e. The van der Waals surface area contributed by atoms with Crippen molar-refractivity contribution < 1.29 is 4.79 Å². The van der Waals surface area contributed by atoms with Crippen LogP contribution in [0.25, 0.3) is 0 Å². The molecule has 94 valence electrons. The average Bonchev–Trinajstić information content (AvgIpc) is 2.62. The van der Waals surface area contributed by atoms with Crippen molar-refractivity contribution in [3.8, 4) is 0 Å². The van der Waals surface area contributed by atoms with Crippen molar-refractivity contribution in [2.75, 3.05) is 6.54 Å². The van der Waals surface area contributed by atoms with Crippen LogP contribution in [0.2, 0.25) is 0 Å². The molecular formula is C13H18ClNOS. The topological polar surface area (TPSA) is 20.3 Å². The first-order chi connectivity index (χ1) is 8.04. The van der Waals surface area contributed by atoms with Crippen LogP contribution in [0.3, 0.4) is 0 Å². The maximum atomic E-state index is 11.4. The summed E-state index contributed by atoms with van der Waals surface area (Å²) in [4.78, 5) is 16.0. The van der Waals surface area contributed by atoms with Gasteiger partial charge in [-0.15, -0.1) is 22.9 Å². The highest BCUT2D eigenvalue weighted by molar-refractivity contribution is 7.12. The van der Waals surface area contributed by atoms with Crippen molar-refractivity contribution in [3.05, 3.63) is 20.9 Å². The van der Waals surface area contributed by atoms with Crippen molar-refractivity contribution in [1.29, 1.82) is 0 Å². The van der Waals surface area contributed by atoms with Crippen molar-refractivity contribution >= 4 is 28.8 Å². The molecule has 17 heavy (non-hydrogen) atoms. The number of halogens is 1. The lowest BCUT2D eigenvalue weighted by Gasteiger charge is -2.26. The first-order valence-electron chi connectivity index (χ1n) is 6.05. The third kappa shape index (κ3) is 2.36. The number of carbonyl (C=O) groups excluding carboxylic acids is 1. The van der Waals surface area contributed by atoms with E-state index in [4.69, 9.17) is 11.6 Å². The van der Waals surface area contributed by atoms with Crippen molar-refractivity contribution in [2.45, 2.75) is 45.5 Å². The predicted molar refractivity (Wildman–Crippen MR) is 72.7 cm³/mol. The van der Waals surface area contributed by atoms with Gasteiger partial charge in [0.25, 0.3) is 0 Å². The van der Waals surface area contributed by atoms with E-state index in [-0.39, 0.29) is 11.3 Å². The molecule has 1 aliphatic heterocycles. The normalized spacial score (nSPS) is 16.8. The molecule has 1 amide bonds. The molecule has 2 rings (SSSR count).